The molecule has 0 aliphatic heterocycles. The normalized spacial score (nSPS) is 11.2. The van der Waals surface area contributed by atoms with Gasteiger partial charge in [-0.05, 0) is 18.7 Å². The lowest BCUT2D eigenvalue weighted by Gasteiger charge is -2.20. The van der Waals surface area contributed by atoms with Crippen LogP contribution >= 0.6 is 0 Å². The van der Waals surface area contributed by atoms with Gasteiger partial charge in [-0.15, -0.1) is 0 Å². The van der Waals surface area contributed by atoms with E-state index in [9.17, 15) is 22.8 Å². The summed E-state index contributed by atoms with van der Waals surface area (Å²) in [6, 6.07) is 9.59. The maximum atomic E-state index is 13.1. The Hall–Kier alpha value is -3.27. The number of rotatable bonds is 9. The van der Waals surface area contributed by atoms with E-state index in [1.54, 1.807) is 25.1 Å². The van der Waals surface area contributed by atoms with Gasteiger partial charge in [0.2, 0.25) is 11.8 Å². The Morgan fingerprint density at radius 3 is 2.00 bits per heavy atom. The number of nitrogens with one attached hydrogen (secondary N) is 2. The number of likely N-dealkylation sites (N-methyl/N-ethyl adjacent to an activating group) is 1. The molecular formula is C21H24F3N3O4. The van der Waals surface area contributed by atoms with Crippen molar-refractivity contribution in [3.05, 3.63) is 48.0 Å². The van der Waals surface area contributed by atoms with Crippen molar-refractivity contribution in [3.63, 3.8) is 0 Å². The molecule has 7 nitrogen and oxygen atoms in total. The first kappa shape index (κ1) is 24.0. The van der Waals surface area contributed by atoms with Crippen molar-refractivity contribution in [1.29, 1.82) is 0 Å². The van der Waals surface area contributed by atoms with Gasteiger partial charge in [-0.25, -0.2) is 0 Å². The van der Waals surface area contributed by atoms with Crippen molar-refractivity contribution in [1.82, 2.24) is 4.90 Å². The fourth-order valence-electron chi connectivity index (χ4n) is 2.79. The summed E-state index contributed by atoms with van der Waals surface area (Å²) < 4.78 is 49.5. The molecule has 0 aliphatic carbocycles. The van der Waals surface area contributed by atoms with E-state index < -0.39 is 23.6 Å². The van der Waals surface area contributed by atoms with Gasteiger partial charge in [0, 0.05) is 23.9 Å². The van der Waals surface area contributed by atoms with Crippen LogP contribution in [-0.4, -0.2) is 50.6 Å². The highest BCUT2D eigenvalue weighted by Gasteiger charge is 2.33. The molecule has 0 fully saturated rings. The average molecular weight is 439 g/mol. The van der Waals surface area contributed by atoms with E-state index in [-0.39, 0.29) is 18.8 Å². The summed E-state index contributed by atoms with van der Waals surface area (Å²) in [5.74, 6) is -0.0792. The van der Waals surface area contributed by atoms with E-state index in [0.29, 0.717) is 23.7 Å². The summed E-state index contributed by atoms with van der Waals surface area (Å²) in [5.41, 5.74) is -0.819. The molecule has 168 valence electrons. The minimum Gasteiger partial charge on any atom is -0.497 e. The molecule has 2 rings (SSSR count). The maximum Gasteiger partial charge on any atom is 0.418 e. The van der Waals surface area contributed by atoms with E-state index >= 15 is 0 Å². The first-order chi connectivity index (χ1) is 14.7. The SMILES string of the molecule is CCN(CC(=O)Nc1cc(OC)cc(OC)c1)CC(=O)Nc1ccccc1C(F)(F)F. The van der Waals surface area contributed by atoms with E-state index in [1.165, 1.54) is 37.3 Å². The number of para-hydroxylation sites is 1. The van der Waals surface area contributed by atoms with Gasteiger partial charge in [-0.3, -0.25) is 14.5 Å². The van der Waals surface area contributed by atoms with E-state index in [1.807, 2.05) is 0 Å². The van der Waals surface area contributed by atoms with Crippen LogP contribution in [0.5, 0.6) is 11.5 Å². The van der Waals surface area contributed by atoms with Gasteiger partial charge >= 0.3 is 6.18 Å². The van der Waals surface area contributed by atoms with Crippen LogP contribution in [0.3, 0.4) is 0 Å². The Kier molecular flexibility index (Phi) is 8.26. The fourth-order valence-corrected chi connectivity index (χ4v) is 2.79. The average Bonchev–Trinajstić information content (AvgIpc) is 2.72. The van der Waals surface area contributed by atoms with Crippen LogP contribution in [0.1, 0.15) is 12.5 Å². The smallest absolute Gasteiger partial charge is 0.418 e. The minimum atomic E-state index is -4.59. The maximum absolute atomic E-state index is 13.1. The molecule has 0 bridgehead atoms. The second kappa shape index (κ2) is 10.7. The fraction of sp³-hybridized carbons (Fsp3) is 0.333. The van der Waals surface area contributed by atoms with Crippen LogP contribution in [0.15, 0.2) is 42.5 Å². The van der Waals surface area contributed by atoms with Crippen LogP contribution in [0.25, 0.3) is 0 Å². The zero-order valence-electron chi connectivity index (χ0n) is 17.4. The molecule has 0 spiro atoms. The number of carbonyl (C=O) groups excluding carboxylic acids is 2. The third-order valence-electron chi connectivity index (χ3n) is 4.32. The number of amides is 2. The lowest BCUT2D eigenvalue weighted by atomic mass is 10.1. The molecule has 31 heavy (non-hydrogen) atoms. The lowest BCUT2D eigenvalue weighted by Crippen LogP contribution is -2.38. The molecule has 0 saturated carbocycles. The first-order valence-electron chi connectivity index (χ1n) is 9.37. The molecule has 2 aromatic rings. The third kappa shape index (κ3) is 7.18. The molecule has 2 amide bonds. The van der Waals surface area contributed by atoms with Gasteiger partial charge in [0.15, 0.2) is 0 Å². The number of benzene rings is 2. The van der Waals surface area contributed by atoms with Gasteiger partial charge in [0.25, 0.3) is 0 Å². The number of alkyl halides is 3. The monoisotopic (exact) mass is 439 g/mol. The summed E-state index contributed by atoms with van der Waals surface area (Å²) in [7, 11) is 2.96. The molecule has 0 aliphatic rings. The van der Waals surface area contributed by atoms with Crippen molar-refractivity contribution in [2.24, 2.45) is 0 Å². The molecule has 0 atom stereocenters. The number of carbonyl (C=O) groups is 2. The second-order valence-corrected chi connectivity index (χ2v) is 6.54. The molecule has 0 unspecified atom stereocenters. The van der Waals surface area contributed by atoms with Crippen LogP contribution < -0.4 is 20.1 Å². The van der Waals surface area contributed by atoms with Crippen molar-refractivity contribution < 1.29 is 32.2 Å². The van der Waals surface area contributed by atoms with Gasteiger partial charge in [-0.2, -0.15) is 13.2 Å². The first-order valence-corrected chi connectivity index (χ1v) is 9.37. The van der Waals surface area contributed by atoms with Crippen molar-refractivity contribution in [3.8, 4) is 11.5 Å². The molecular weight excluding hydrogens is 415 g/mol. The number of hydrogen-bond acceptors (Lipinski definition) is 5. The van der Waals surface area contributed by atoms with Crippen LogP contribution in [0.2, 0.25) is 0 Å². The number of halogens is 3. The second-order valence-electron chi connectivity index (χ2n) is 6.54. The van der Waals surface area contributed by atoms with Crippen molar-refractivity contribution in [2.75, 3.05) is 44.5 Å². The molecule has 10 heteroatoms. The van der Waals surface area contributed by atoms with Crippen LogP contribution in [0.4, 0.5) is 24.5 Å². The van der Waals surface area contributed by atoms with E-state index in [0.717, 1.165) is 6.07 Å². The topological polar surface area (TPSA) is 79.9 Å². The molecule has 0 aromatic heterocycles. The van der Waals surface area contributed by atoms with Crippen molar-refractivity contribution in [2.45, 2.75) is 13.1 Å². The molecule has 0 heterocycles. The molecule has 2 N–H and O–H groups in total. The zero-order chi connectivity index (χ0) is 23.0. The van der Waals surface area contributed by atoms with Crippen molar-refractivity contribution >= 4 is 23.2 Å². The van der Waals surface area contributed by atoms with Crippen LogP contribution in [-0.2, 0) is 15.8 Å². The molecule has 0 radical (unpaired) electrons. The largest absolute Gasteiger partial charge is 0.497 e. The Morgan fingerprint density at radius 1 is 0.935 bits per heavy atom. The predicted octanol–water partition coefficient (Wildman–Crippen LogP) is 3.62. The van der Waals surface area contributed by atoms with E-state index in [2.05, 4.69) is 10.6 Å². The number of anilines is 2. The molecule has 2 aromatic carbocycles. The Bertz CT molecular complexity index is 897. The Morgan fingerprint density at radius 2 is 1.48 bits per heavy atom. The summed E-state index contributed by atoms with van der Waals surface area (Å²) in [5, 5.41) is 4.96. The number of nitrogens with zero attached hydrogens (tertiary/aromatic N) is 1. The predicted molar refractivity (Wildman–Crippen MR) is 110 cm³/mol. The highest BCUT2D eigenvalue weighted by molar-refractivity contribution is 5.95. The standard InChI is InChI=1S/C21H24F3N3O4/c1-4-27(12-19(28)25-14-9-15(30-2)11-16(10-14)31-3)13-20(29)26-18-8-6-5-7-17(18)21(22,23)24/h5-11H,4,12-13H2,1-3H3,(H,25,28)(H,26,29). The number of methoxy groups -OCH3 is 2. The summed E-state index contributed by atoms with van der Waals surface area (Å²) in [6.45, 7) is 1.68. The lowest BCUT2D eigenvalue weighted by molar-refractivity contribution is -0.137. The number of ether oxygens (including phenoxy) is 2. The number of hydrogen-bond donors (Lipinski definition) is 2. The Balaban J connectivity index is 1.99. The summed E-state index contributed by atoms with van der Waals surface area (Å²) in [6.07, 6.45) is -4.59. The quantitative estimate of drug-likeness (QED) is 0.624. The highest BCUT2D eigenvalue weighted by atomic mass is 19.4. The highest BCUT2D eigenvalue weighted by Crippen LogP contribution is 2.34. The summed E-state index contributed by atoms with van der Waals surface area (Å²) in [4.78, 5) is 26.2. The Labute approximate surface area is 178 Å². The summed E-state index contributed by atoms with van der Waals surface area (Å²) >= 11 is 0. The van der Waals surface area contributed by atoms with Gasteiger partial charge in [-0.1, -0.05) is 19.1 Å². The minimum absolute atomic E-state index is 0.135. The van der Waals surface area contributed by atoms with Crippen LogP contribution in [0, 0.1) is 0 Å². The van der Waals surface area contributed by atoms with Gasteiger partial charge in [0.1, 0.15) is 11.5 Å². The van der Waals surface area contributed by atoms with Gasteiger partial charge < -0.3 is 20.1 Å². The van der Waals surface area contributed by atoms with Gasteiger partial charge in [0.05, 0.1) is 38.6 Å². The third-order valence-corrected chi connectivity index (χ3v) is 4.32. The zero-order valence-corrected chi connectivity index (χ0v) is 17.4. The van der Waals surface area contributed by atoms with E-state index in [4.69, 9.17) is 9.47 Å². The molecule has 0 saturated heterocycles.